The van der Waals surface area contributed by atoms with Crippen LogP contribution in [-0.2, 0) is 6.54 Å². The summed E-state index contributed by atoms with van der Waals surface area (Å²) in [6, 6.07) is 8.00. The summed E-state index contributed by atoms with van der Waals surface area (Å²) >= 11 is 7.73. The van der Waals surface area contributed by atoms with E-state index in [1.54, 1.807) is 18.3 Å². The largest absolute Gasteiger partial charge is 0.322 e. The number of rotatable bonds is 7. The van der Waals surface area contributed by atoms with Gasteiger partial charge in [0.2, 0.25) is 0 Å². The van der Waals surface area contributed by atoms with E-state index >= 15 is 0 Å². The van der Waals surface area contributed by atoms with Gasteiger partial charge in [0.25, 0.3) is 5.91 Å². The molecule has 0 aliphatic carbocycles. The van der Waals surface area contributed by atoms with Crippen LogP contribution in [0.2, 0.25) is 5.02 Å². The second kappa shape index (κ2) is 15.5. The van der Waals surface area contributed by atoms with E-state index in [1.807, 2.05) is 30.8 Å². The maximum atomic E-state index is 13.3. The molecule has 35 heavy (non-hydrogen) atoms. The molecule has 0 aliphatic rings. The van der Waals surface area contributed by atoms with Crippen LogP contribution in [0, 0.1) is 29.3 Å². The van der Waals surface area contributed by atoms with Crippen LogP contribution < -0.4 is 5.32 Å². The van der Waals surface area contributed by atoms with Gasteiger partial charge < -0.3 is 5.32 Å². The minimum absolute atomic E-state index is 0.177. The summed E-state index contributed by atoms with van der Waals surface area (Å²) in [5, 5.41) is 7.03. The number of aromatic nitrogens is 2. The lowest BCUT2D eigenvalue weighted by molar-refractivity contribution is 0.102. The molecule has 0 bridgehead atoms. The smallest absolute Gasteiger partial charge is 0.255 e. The van der Waals surface area contributed by atoms with Gasteiger partial charge >= 0.3 is 0 Å². The zero-order valence-corrected chi connectivity index (χ0v) is 22.5. The molecule has 0 saturated carbocycles. The fourth-order valence-corrected chi connectivity index (χ4v) is 3.87. The number of anilines is 1. The van der Waals surface area contributed by atoms with Crippen LogP contribution in [0.3, 0.4) is 0 Å². The highest BCUT2D eigenvalue weighted by Crippen LogP contribution is 2.30. The summed E-state index contributed by atoms with van der Waals surface area (Å²) in [5.74, 6) is -3.04. The first-order chi connectivity index (χ1) is 16.6. The van der Waals surface area contributed by atoms with E-state index in [9.17, 15) is 18.0 Å². The average molecular weight is 528 g/mol. The van der Waals surface area contributed by atoms with Gasteiger partial charge in [0.1, 0.15) is 0 Å². The van der Waals surface area contributed by atoms with Crippen LogP contribution >= 0.6 is 23.4 Å². The molecule has 192 valence electrons. The van der Waals surface area contributed by atoms with Gasteiger partial charge in [-0.05, 0) is 36.1 Å². The van der Waals surface area contributed by atoms with Crippen LogP contribution in [0.15, 0.2) is 53.7 Å². The highest BCUT2D eigenvalue weighted by atomic mass is 35.5. The zero-order chi connectivity index (χ0) is 26.5. The molecule has 0 aliphatic heterocycles. The molecule has 1 aromatic heterocycles. The Morgan fingerprint density at radius 1 is 1.09 bits per heavy atom. The monoisotopic (exact) mass is 527 g/mol. The predicted octanol–water partition coefficient (Wildman–Crippen LogP) is 8.32. The molecule has 1 unspecified atom stereocenters. The third kappa shape index (κ3) is 10.8. The molecule has 9 heteroatoms. The Labute approximate surface area is 215 Å². The quantitative estimate of drug-likeness (QED) is 0.248. The van der Waals surface area contributed by atoms with Gasteiger partial charge in [-0.25, -0.2) is 13.2 Å². The molecule has 1 N–H and O–H groups in total. The Morgan fingerprint density at radius 3 is 2.23 bits per heavy atom. The topological polar surface area (TPSA) is 46.9 Å². The van der Waals surface area contributed by atoms with Gasteiger partial charge in [-0.1, -0.05) is 53.1 Å². The van der Waals surface area contributed by atoms with E-state index in [0.29, 0.717) is 15.8 Å². The Morgan fingerprint density at radius 2 is 1.69 bits per heavy atom. The Hall–Kier alpha value is -2.45. The number of carbonyl (C=O) groups excluding carboxylic acids is 1. The van der Waals surface area contributed by atoms with Gasteiger partial charge in [-0.3, -0.25) is 9.48 Å². The molecule has 0 fully saturated rings. The van der Waals surface area contributed by atoms with E-state index in [0.717, 1.165) is 30.3 Å². The first-order valence-electron chi connectivity index (χ1n) is 11.4. The summed E-state index contributed by atoms with van der Waals surface area (Å²) in [5.41, 5.74) is 0.0881. The van der Waals surface area contributed by atoms with E-state index in [2.05, 4.69) is 38.1 Å². The summed E-state index contributed by atoms with van der Waals surface area (Å²) in [4.78, 5) is 13.1. The Balaban J connectivity index is 0.000000926. The summed E-state index contributed by atoms with van der Waals surface area (Å²) < 4.78 is 41.6. The molecule has 3 aromatic rings. The van der Waals surface area contributed by atoms with Gasteiger partial charge in [0.05, 0.1) is 5.02 Å². The van der Waals surface area contributed by atoms with Crippen LogP contribution in [0.1, 0.15) is 51.9 Å². The normalized spacial score (nSPS) is 11.2. The predicted molar refractivity (Wildman–Crippen MR) is 140 cm³/mol. The van der Waals surface area contributed by atoms with E-state index in [1.165, 1.54) is 17.8 Å². The first-order valence-corrected chi connectivity index (χ1v) is 12.8. The van der Waals surface area contributed by atoms with Crippen molar-refractivity contribution in [2.24, 2.45) is 11.8 Å². The van der Waals surface area contributed by atoms with E-state index < -0.39 is 23.4 Å². The zero-order valence-electron chi connectivity index (χ0n) is 20.9. The van der Waals surface area contributed by atoms with Crippen molar-refractivity contribution in [3.05, 3.63) is 76.8 Å². The number of carbonyl (C=O) groups is 1. The average Bonchev–Trinajstić information content (AvgIpc) is 3.30. The lowest BCUT2D eigenvalue weighted by atomic mass is 10.2. The number of nitrogens with zero attached hydrogens (tertiary/aromatic N) is 2. The van der Waals surface area contributed by atoms with Crippen LogP contribution in [0.25, 0.3) is 0 Å². The summed E-state index contributed by atoms with van der Waals surface area (Å²) in [6.07, 6.45) is 3.61. The van der Waals surface area contributed by atoms with Gasteiger partial charge in [-0.15, -0.1) is 11.8 Å². The Bertz CT molecular complexity index is 1040. The van der Waals surface area contributed by atoms with Crippen molar-refractivity contribution >= 4 is 35.0 Å². The van der Waals surface area contributed by atoms with Crippen molar-refractivity contribution in [1.82, 2.24) is 9.78 Å². The number of amides is 1. The van der Waals surface area contributed by atoms with Crippen molar-refractivity contribution in [2.45, 2.75) is 53.0 Å². The molecular weight excluding hydrogens is 495 g/mol. The van der Waals surface area contributed by atoms with Crippen molar-refractivity contribution in [2.75, 3.05) is 11.1 Å². The minimum atomic E-state index is -1.59. The van der Waals surface area contributed by atoms with Crippen molar-refractivity contribution in [3.8, 4) is 0 Å². The van der Waals surface area contributed by atoms with Gasteiger partial charge in [-0.2, -0.15) is 5.10 Å². The fourth-order valence-electron chi connectivity index (χ4n) is 2.60. The van der Waals surface area contributed by atoms with Crippen molar-refractivity contribution in [1.29, 1.82) is 0 Å². The molecular formula is C26H33ClF3N3OS. The molecule has 1 amide bonds. The first kappa shape index (κ1) is 30.6. The molecule has 3 rings (SSSR count). The molecule has 4 nitrogen and oxygen atoms in total. The molecule has 0 spiro atoms. The highest BCUT2D eigenvalue weighted by Gasteiger charge is 2.15. The van der Waals surface area contributed by atoms with Gasteiger partial charge in [0, 0.05) is 53.0 Å². The second-order valence-corrected chi connectivity index (χ2v) is 9.70. The number of hydrogen-bond acceptors (Lipinski definition) is 3. The fraction of sp³-hybridized carbons (Fsp3) is 0.385. The maximum absolute atomic E-state index is 13.3. The number of benzene rings is 2. The molecule has 1 atom stereocenters. The standard InChI is InChI=1S/C20H17ClF3N3OS.C4H10.C2H6/c1-12(10-27-6-2-5-25-27)11-29-18-7-13(3-4-15(18)21)20(28)26-14-8-16(22)19(24)17(23)9-14;1-4(2)3;1-2/h2-9,12H,10-11H2,1H3,(H,26,28);4H,1-3H3;1-2H3. The number of nitrogens with one attached hydrogen (secondary N) is 1. The maximum Gasteiger partial charge on any atom is 0.255 e. The highest BCUT2D eigenvalue weighted by molar-refractivity contribution is 7.99. The van der Waals surface area contributed by atoms with Gasteiger partial charge in [0.15, 0.2) is 17.5 Å². The second-order valence-electron chi connectivity index (χ2n) is 8.23. The number of halogens is 4. The van der Waals surface area contributed by atoms with E-state index in [-0.39, 0.29) is 11.3 Å². The number of hydrogen-bond donors (Lipinski definition) is 1. The molecule has 0 saturated heterocycles. The summed E-state index contributed by atoms with van der Waals surface area (Å²) in [6.45, 7) is 13.3. The molecule has 2 aromatic carbocycles. The minimum Gasteiger partial charge on any atom is -0.322 e. The van der Waals surface area contributed by atoms with Crippen LogP contribution in [0.5, 0.6) is 0 Å². The Kier molecular flexibility index (Phi) is 13.6. The SMILES string of the molecule is CC.CC(C)C.CC(CSc1cc(C(=O)Nc2cc(F)c(F)c(F)c2)ccc1Cl)Cn1cccn1. The van der Waals surface area contributed by atoms with Crippen molar-refractivity contribution in [3.63, 3.8) is 0 Å². The van der Waals surface area contributed by atoms with Crippen LogP contribution in [0.4, 0.5) is 18.9 Å². The van der Waals surface area contributed by atoms with Crippen molar-refractivity contribution < 1.29 is 18.0 Å². The molecule has 1 heterocycles. The van der Waals surface area contributed by atoms with E-state index in [4.69, 9.17) is 11.6 Å². The number of thioether (sulfide) groups is 1. The lowest BCUT2D eigenvalue weighted by Gasteiger charge is -2.13. The van der Waals surface area contributed by atoms with Crippen LogP contribution in [-0.4, -0.2) is 21.4 Å². The third-order valence-corrected chi connectivity index (χ3v) is 5.84. The lowest BCUT2D eigenvalue weighted by Crippen LogP contribution is -2.13. The third-order valence-electron chi connectivity index (χ3n) is 4.02. The summed E-state index contributed by atoms with van der Waals surface area (Å²) in [7, 11) is 0. The molecule has 0 radical (unpaired) electrons.